The monoisotopic (exact) mass is 445 g/mol. The van der Waals surface area contributed by atoms with Gasteiger partial charge >= 0.3 is 6.18 Å². The molecule has 1 aromatic carbocycles. The maximum Gasteiger partial charge on any atom is 0.433 e. The smallest absolute Gasteiger partial charge is 0.360 e. The van der Waals surface area contributed by atoms with Gasteiger partial charge in [-0.2, -0.15) is 13.2 Å². The molecule has 1 amide bonds. The molecule has 1 atom stereocenters. The van der Waals surface area contributed by atoms with Crippen molar-refractivity contribution in [2.24, 2.45) is 0 Å². The third-order valence-corrected chi connectivity index (χ3v) is 6.91. The molecule has 152 valence electrons. The number of nitrogens with zero attached hydrogens (tertiary/aromatic N) is 1. The van der Waals surface area contributed by atoms with Crippen LogP contribution in [0, 0.1) is 6.92 Å². The van der Waals surface area contributed by atoms with Gasteiger partial charge in [0.05, 0.1) is 5.69 Å². The quantitative estimate of drug-likeness (QED) is 0.386. The van der Waals surface area contributed by atoms with Crippen molar-refractivity contribution in [2.75, 3.05) is 5.32 Å². The van der Waals surface area contributed by atoms with Crippen LogP contribution in [0.15, 0.2) is 47.8 Å². The lowest BCUT2D eigenvalue weighted by Crippen LogP contribution is -2.37. The molecule has 0 aliphatic carbocycles. The third-order valence-electron chi connectivity index (χ3n) is 4.92. The van der Waals surface area contributed by atoms with Gasteiger partial charge in [-0.25, -0.2) is 4.98 Å². The van der Waals surface area contributed by atoms with Gasteiger partial charge in [0, 0.05) is 15.8 Å². The molecule has 0 fully saturated rings. The molecule has 0 spiro atoms. The molecule has 0 radical (unpaired) electrons. The molecule has 2 N–H and O–H groups in total. The highest BCUT2D eigenvalue weighted by Crippen LogP contribution is 2.46. The molecule has 4 nitrogen and oxygen atoms in total. The van der Waals surface area contributed by atoms with E-state index in [-0.39, 0.29) is 10.7 Å². The van der Waals surface area contributed by atoms with Crippen LogP contribution in [0.2, 0.25) is 0 Å². The molecule has 5 rings (SSSR count). The van der Waals surface area contributed by atoms with Crippen LogP contribution in [0.5, 0.6) is 0 Å². The first-order valence-electron chi connectivity index (χ1n) is 9.04. The fourth-order valence-electron chi connectivity index (χ4n) is 3.47. The summed E-state index contributed by atoms with van der Waals surface area (Å²) in [5, 5.41) is 8.54. The Morgan fingerprint density at radius 1 is 1.10 bits per heavy atom. The summed E-state index contributed by atoms with van der Waals surface area (Å²) in [5.41, 5.74) is 1.93. The lowest BCUT2D eigenvalue weighted by atomic mass is 10.0. The molecule has 1 aliphatic heterocycles. The van der Waals surface area contributed by atoms with Crippen LogP contribution in [0.4, 0.5) is 18.9 Å². The average molecular weight is 445 g/mol. The first kappa shape index (κ1) is 19.1. The summed E-state index contributed by atoms with van der Waals surface area (Å²) in [6.45, 7) is 1.97. The zero-order valence-corrected chi connectivity index (χ0v) is 17.1. The number of hydrogen-bond donors (Lipinski definition) is 2. The number of thiophene rings is 2. The van der Waals surface area contributed by atoms with E-state index < -0.39 is 18.0 Å². The van der Waals surface area contributed by atoms with Gasteiger partial charge in [0.15, 0.2) is 0 Å². The van der Waals surface area contributed by atoms with Gasteiger partial charge < -0.3 is 10.6 Å². The van der Waals surface area contributed by atoms with Crippen molar-refractivity contribution in [3.05, 3.63) is 69.5 Å². The Bertz CT molecular complexity index is 1260. The van der Waals surface area contributed by atoms with Crippen LogP contribution >= 0.6 is 22.7 Å². The molecule has 1 aliphatic rings. The summed E-state index contributed by atoms with van der Waals surface area (Å²) in [6.07, 6.45) is -5.06. The topological polar surface area (TPSA) is 54.0 Å². The predicted molar refractivity (Wildman–Crippen MR) is 113 cm³/mol. The Kier molecular flexibility index (Phi) is 4.33. The molecule has 0 bridgehead atoms. The minimum Gasteiger partial charge on any atom is -0.360 e. The van der Waals surface area contributed by atoms with Crippen molar-refractivity contribution in [1.82, 2.24) is 10.3 Å². The molecule has 0 unspecified atom stereocenters. The first-order chi connectivity index (χ1) is 14.3. The number of carbonyl (C=O) groups excluding carboxylic acids is 1. The van der Waals surface area contributed by atoms with E-state index in [0.29, 0.717) is 26.4 Å². The molecule has 0 saturated carbocycles. The molecule has 0 saturated heterocycles. The number of pyridine rings is 1. The van der Waals surface area contributed by atoms with E-state index in [0.717, 1.165) is 28.5 Å². The number of aromatic nitrogens is 1. The number of aryl methyl sites for hydroxylation is 1. The van der Waals surface area contributed by atoms with E-state index in [4.69, 9.17) is 0 Å². The maximum atomic E-state index is 13.5. The number of hydrogen-bond acceptors (Lipinski definition) is 5. The lowest BCUT2D eigenvalue weighted by Gasteiger charge is -2.26. The summed E-state index contributed by atoms with van der Waals surface area (Å²) in [7, 11) is 0. The summed E-state index contributed by atoms with van der Waals surface area (Å²) in [4.78, 5) is 17.8. The van der Waals surface area contributed by atoms with E-state index in [9.17, 15) is 18.0 Å². The summed E-state index contributed by atoms with van der Waals surface area (Å²) < 4.78 is 40.4. The summed E-state index contributed by atoms with van der Waals surface area (Å²) in [5.74, 6) is -0.331. The zero-order valence-electron chi connectivity index (χ0n) is 15.5. The van der Waals surface area contributed by atoms with Crippen molar-refractivity contribution >= 4 is 44.5 Å². The van der Waals surface area contributed by atoms with Crippen LogP contribution < -0.4 is 10.6 Å². The van der Waals surface area contributed by atoms with Gasteiger partial charge in [-0.05, 0) is 30.0 Å². The highest BCUT2D eigenvalue weighted by Gasteiger charge is 2.36. The van der Waals surface area contributed by atoms with Crippen LogP contribution in [-0.4, -0.2) is 10.9 Å². The molecular weight excluding hydrogens is 431 g/mol. The van der Waals surface area contributed by atoms with E-state index >= 15 is 0 Å². The number of rotatable bonds is 2. The Labute approximate surface area is 177 Å². The highest BCUT2D eigenvalue weighted by atomic mass is 32.1. The Balaban J connectivity index is 1.72. The molecule has 30 heavy (non-hydrogen) atoms. The van der Waals surface area contributed by atoms with Crippen molar-refractivity contribution in [3.8, 4) is 10.4 Å². The Morgan fingerprint density at radius 2 is 1.87 bits per heavy atom. The first-order valence-corrected chi connectivity index (χ1v) is 10.7. The lowest BCUT2D eigenvalue weighted by molar-refractivity contribution is -0.140. The average Bonchev–Trinajstić information content (AvgIpc) is 3.35. The van der Waals surface area contributed by atoms with Crippen molar-refractivity contribution in [1.29, 1.82) is 0 Å². The van der Waals surface area contributed by atoms with Crippen molar-refractivity contribution in [3.63, 3.8) is 0 Å². The minimum atomic E-state index is -4.58. The fraction of sp³-hybridized carbons (Fsp3) is 0.143. The van der Waals surface area contributed by atoms with Gasteiger partial charge in [0.2, 0.25) is 0 Å². The SMILES string of the molecule is Cc1ccc([C@@H]2NC(=O)c3sc4nc(C(F)(F)F)cc(-c5cccs5)c4c3N2)cc1. The van der Waals surface area contributed by atoms with E-state index in [1.54, 1.807) is 12.1 Å². The second kappa shape index (κ2) is 6.82. The summed E-state index contributed by atoms with van der Waals surface area (Å²) >= 11 is 2.31. The van der Waals surface area contributed by atoms with E-state index in [2.05, 4.69) is 15.6 Å². The standard InChI is InChI=1S/C21H14F3N3OS2/c1-10-4-6-11(7-5-10)18-26-16-15-12(13-3-2-8-29-13)9-14(21(22,23)24)25-20(15)30-17(16)19(28)27-18/h2-9,18,26H,1H3,(H,27,28)/t18-/m0/s1. The molecular formula is C21H14F3N3OS2. The second-order valence-electron chi connectivity index (χ2n) is 6.98. The number of amides is 1. The number of halogens is 3. The van der Waals surface area contributed by atoms with E-state index in [1.165, 1.54) is 11.3 Å². The summed E-state index contributed by atoms with van der Waals surface area (Å²) in [6, 6.07) is 12.3. The van der Waals surface area contributed by atoms with Crippen molar-refractivity contribution in [2.45, 2.75) is 19.3 Å². The molecule has 4 heterocycles. The Hall–Kier alpha value is -2.91. The largest absolute Gasteiger partial charge is 0.433 e. The second-order valence-corrected chi connectivity index (χ2v) is 8.92. The number of alkyl halides is 3. The normalized spacial score (nSPS) is 16.3. The number of fused-ring (bicyclic) bond motifs is 3. The van der Waals surface area contributed by atoms with Gasteiger partial charge in [-0.15, -0.1) is 22.7 Å². The maximum absolute atomic E-state index is 13.5. The van der Waals surface area contributed by atoms with Crippen molar-refractivity contribution < 1.29 is 18.0 Å². The Morgan fingerprint density at radius 3 is 2.53 bits per heavy atom. The van der Waals surface area contributed by atoms with Gasteiger partial charge in [-0.1, -0.05) is 35.9 Å². The fourth-order valence-corrected chi connectivity index (χ4v) is 5.28. The number of carbonyl (C=O) groups is 1. The van der Waals surface area contributed by atoms with Crippen LogP contribution in [-0.2, 0) is 6.18 Å². The molecule has 3 aromatic heterocycles. The van der Waals surface area contributed by atoms with Crippen LogP contribution in [0.3, 0.4) is 0 Å². The van der Waals surface area contributed by atoms with E-state index in [1.807, 2.05) is 36.6 Å². The van der Waals surface area contributed by atoms with Gasteiger partial charge in [-0.3, -0.25) is 4.79 Å². The number of anilines is 1. The zero-order chi connectivity index (χ0) is 21.0. The van der Waals surface area contributed by atoms with Gasteiger partial charge in [0.25, 0.3) is 5.91 Å². The molecule has 9 heteroatoms. The predicted octanol–water partition coefficient (Wildman–Crippen LogP) is 6.21. The highest BCUT2D eigenvalue weighted by molar-refractivity contribution is 7.21. The number of nitrogens with one attached hydrogen (secondary N) is 2. The van der Waals surface area contributed by atoms with Gasteiger partial charge in [0.1, 0.15) is 21.6 Å². The number of benzene rings is 1. The third kappa shape index (κ3) is 3.14. The van der Waals surface area contributed by atoms with Crippen LogP contribution in [0.25, 0.3) is 20.7 Å². The molecule has 4 aromatic rings. The minimum absolute atomic E-state index is 0.186. The van der Waals surface area contributed by atoms with Crippen LogP contribution in [0.1, 0.15) is 32.7 Å².